The van der Waals surface area contributed by atoms with Gasteiger partial charge in [-0.15, -0.1) is 0 Å². The maximum atomic E-state index is 12.2. The zero-order valence-electron chi connectivity index (χ0n) is 10.4. The van der Waals surface area contributed by atoms with Gasteiger partial charge in [-0.05, 0) is 32.4 Å². The summed E-state index contributed by atoms with van der Waals surface area (Å²) in [5.74, 6) is 0.286. The van der Waals surface area contributed by atoms with Gasteiger partial charge in [0.1, 0.15) is 5.69 Å². The number of para-hydroxylation sites is 1. The summed E-state index contributed by atoms with van der Waals surface area (Å²) in [6, 6.07) is 7.18. The Labute approximate surface area is 106 Å². The largest absolute Gasteiger partial charge is 0.360 e. The van der Waals surface area contributed by atoms with Crippen LogP contribution in [0.1, 0.15) is 17.0 Å². The van der Waals surface area contributed by atoms with E-state index in [1.807, 2.05) is 19.1 Å². The number of rotatable bonds is 3. The highest BCUT2D eigenvalue weighted by molar-refractivity contribution is 7.92. The summed E-state index contributed by atoms with van der Waals surface area (Å²) in [6.07, 6.45) is 0. The van der Waals surface area contributed by atoms with E-state index in [9.17, 15) is 8.42 Å². The van der Waals surface area contributed by atoms with E-state index in [1.54, 1.807) is 26.0 Å². The minimum absolute atomic E-state index is 0.103. The van der Waals surface area contributed by atoms with Crippen molar-refractivity contribution >= 4 is 15.7 Å². The second-order valence-corrected chi connectivity index (χ2v) is 5.69. The molecule has 2 rings (SSSR count). The van der Waals surface area contributed by atoms with Crippen LogP contribution in [0.2, 0.25) is 0 Å². The van der Waals surface area contributed by atoms with Crippen molar-refractivity contribution in [3.63, 3.8) is 0 Å². The maximum absolute atomic E-state index is 12.2. The van der Waals surface area contributed by atoms with Crippen molar-refractivity contribution in [2.24, 2.45) is 0 Å². The topological polar surface area (TPSA) is 72.2 Å². The lowest BCUT2D eigenvalue weighted by atomic mass is 10.2. The Morgan fingerprint density at radius 2 is 1.83 bits per heavy atom. The van der Waals surface area contributed by atoms with E-state index in [0.29, 0.717) is 11.4 Å². The first-order chi connectivity index (χ1) is 8.42. The Balaban J connectivity index is 2.43. The molecule has 96 valence electrons. The molecule has 1 aromatic heterocycles. The quantitative estimate of drug-likeness (QED) is 0.925. The number of hydrogen-bond acceptors (Lipinski definition) is 4. The molecule has 0 saturated heterocycles. The highest BCUT2D eigenvalue weighted by atomic mass is 32.2. The van der Waals surface area contributed by atoms with Crippen LogP contribution >= 0.6 is 0 Å². The van der Waals surface area contributed by atoms with Gasteiger partial charge in [0.05, 0.1) is 5.69 Å². The van der Waals surface area contributed by atoms with Gasteiger partial charge in [-0.25, -0.2) is 8.42 Å². The van der Waals surface area contributed by atoms with Crippen molar-refractivity contribution < 1.29 is 12.9 Å². The average molecular weight is 266 g/mol. The van der Waals surface area contributed by atoms with E-state index >= 15 is 0 Å². The predicted octanol–water partition coefficient (Wildman–Crippen LogP) is 2.40. The van der Waals surface area contributed by atoms with Gasteiger partial charge in [-0.3, -0.25) is 4.72 Å². The van der Waals surface area contributed by atoms with Crippen molar-refractivity contribution in [1.82, 2.24) is 5.16 Å². The molecular formula is C12H14N2O3S. The molecular weight excluding hydrogens is 252 g/mol. The molecule has 5 nitrogen and oxygen atoms in total. The molecule has 0 bridgehead atoms. The van der Waals surface area contributed by atoms with Gasteiger partial charge in [-0.1, -0.05) is 23.4 Å². The van der Waals surface area contributed by atoms with Crippen LogP contribution < -0.4 is 4.72 Å². The van der Waals surface area contributed by atoms with Crippen LogP contribution in [-0.2, 0) is 10.0 Å². The fraction of sp³-hybridized carbons (Fsp3) is 0.250. The van der Waals surface area contributed by atoms with Crippen LogP contribution in [0.15, 0.2) is 33.7 Å². The molecule has 0 aliphatic rings. The zero-order chi connectivity index (χ0) is 13.3. The lowest BCUT2D eigenvalue weighted by molar-refractivity contribution is 0.390. The lowest BCUT2D eigenvalue weighted by Crippen LogP contribution is -2.15. The van der Waals surface area contributed by atoms with Crippen molar-refractivity contribution in [3.05, 3.63) is 41.3 Å². The summed E-state index contributed by atoms with van der Waals surface area (Å²) in [5.41, 5.74) is 1.76. The van der Waals surface area contributed by atoms with Crippen LogP contribution in [0.4, 0.5) is 5.69 Å². The standard InChI is InChI=1S/C12H14N2O3S/c1-8-6-4-5-7-11(8)14-18(15,16)12-9(2)13-17-10(12)3/h4-7,14H,1-3H3. The number of benzene rings is 1. The van der Waals surface area contributed by atoms with E-state index in [2.05, 4.69) is 9.88 Å². The Morgan fingerprint density at radius 1 is 1.17 bits per heavy atom. The lowest BCUT2D eigenvalue weighted by Gasteiger charge is -2.09. The number of anilines is 1. The third-order valence-corrected chi connectivity index (χ3v) is 4.23. The molecule has 0 spiro atoms. The minimum atomic E-state index is -3.66. The smallest absolute Gasteiger partial charge is 0.267 e. The molecule has 0 fully saturated rings. The third kappa shape index (κ3) is 2.24. The molecule has 1 aromatic carbocycles. The second-order valence-electron chi connectivity index (χ2n) is 4.07. The number of aryl methyl sites for hydroxylation is 3. The van der Waals surface area contributed by atoms with Crippen molar-refractivity contribution in [1.29, 1.82) is 0 Å². The molecule has 18 heavy (non-hydrogen) atoms. The predicted molar refractivity (Wildman–Crippen MR) is 68.0 cm³/mol. The van der Waals surface area contributed by atoms with Crippen LogP contribution in [0.3, 0.4) is 0 Å². The molecule has 1 N–H and O–H groups in total. The van der Waals surface area contributed by atoms with Crippen LogP contribution in [0, 0.1) is 20.8 Å². The van der Waals surface area contributed by atoms with Gasteiger partial charge in [0.2, 0.25) is 0 Å². The van der Waals surface area contributed by atoms with Crippen molar-refractivity contribution in [3.8, 4) is 0 Å². The maximum Gasteiger partial charge on any atom is 0.267 e. The van der Waals surface area contributed by atoms with E-state index in [0.717, 1.165) is 5.56 Å². The molecule has 0 aliphatic heterocycles. The number of nitrogens with zero attached hydrogens (tertiary/aromatic N) is 1. The third-order valence-electron chi connectivity index (χ3n) is 2.63. The van der Waals surface area contributed by atoms with Gasteiger partial charge in [0, 0.05) is 0 Å². The number of aromatic nitrogens is 1. The van der Waals surface area contributed by atoms with Gasteiger partial charge >= 0.3 is 0 Å². The molecule has 1 heterocycles. The normalized spacial score (nSPS) is 11.5. The summed E-state index contributed by atoms with van der Waals surface area (Å²) in [5, 5.41) is 3.65. The fourth-order valence-corrected chi connectivity index (χ4v) is 3.20. The summed E-state index contributed by atoms with van der Waals surface area (Å²) in [7, 11) is -3.66. The highest BCUT2D eigenvalue weighted by Crippen LogP contribution is 2.23. The monoisotopic (exact) mass is 266 g/mol. The summed E-state index contributed by atoms with van der Waals surface area (Å²) < 4.78 is 31.9. The van der Waals surface area contributed by atoms with E-state index in [-0.39, 0.29) is 10.7 Å². The number of nitrogens with one attached hydrogen (secondary N) is 1. The molecule has 0 unspecified atom stereocenters. The van der Waals surface area contributed by atoms with Crippen LogP contribution in [0.25, 0.3) is 0 Å². The van der Waals surface area contributed by atoms with Gasteiger partial charge in [-0.2, -0.15) is 0 Å². The van der Waals surface area contributed by atoms with E-state index in [4.69, 9.17) is 4.52 Å². The summed E-state index contributed by atoms with van der Waals surface area (Å²) in [6.45, 7) is 5.01. The van der Waals surface area contributed by atoms with Gasteiger partial charge < -0.3 is 4.52 Å². The molecule has 0 saturated carbocycles. The molecule has 0 radical (unpaired) electrons. The number of hydrogen-bond donors (Lipinski definition) is 1. The van der Waals surface area contributed by atoms with Crippen molar-refractivity contribution in [2.75, 3.05) is 4.72 Å². The van der Waals surface area contributed by atoms with Crippen LogP contribution in [-0.4, -0.2) is 13.6 Å². The molecule has 0 aliphatic carbocycles. The Kier molecular flexibility index (Phi) is 3.13. The van der Waals surface area contributed by atoms with Gasteiger partial charge in [0.25, 0.3) is 10.0 Å². The Bertz CT molecular complexity index is 655. The van der Waals surface area contributed by atoms with Crippen LogP contribution in [0.5, 0.6) is 0 Å². The first-order valence-corrected chi connectivity index (χ1v) is 6.91. The fourth-order valence-electron chi connectivity index (χ4n) is 1.74. The average Bonchev–Trinajstić information content (AvgIpc) is 2.62. The Morgan fingerprint density at radius 3 is 2.39 bits per heavy atom. The van der Waals surface area contributed by atoms with Gasteiger partial charge in [0.15, 0.2) is 10.7 Å². The van der Waals surface area contributed by atoms with E-state index in [1.165, 1.54) is 0 Å². The Hall–Kier alpha value is -1.82. The summed E-state index contributed by atoms with van der Waals surface area (Å²) >= 11 is 0. The molecule has 2 aromatic rings. The zero-order valence-corrected chi connectivity index (χ0v) is 11.2. The number of sulfonamides is 1. The molecule has 0 amide bonds. The summed E-state index contributed by atoms with van der Waals surface area (Å²) in [4.78, 5) is 0.103. The first kappa shape index (κ1) is 12.6. The molecule has 6 heteroatoms. The first-order valence-electron chi connectivity index (χ1n) is 5.43. The SMILES string of the molecule is Cc1ccccc1NS(=O)(=O)c1c(C)noc1C. The highest BCUT2D eigenvalue weighted by Gasteiger charge is 2.24. The van der Waals surface area contributed by atoms with Crippen molar-refractivity contribution in [2.45, 2.75) is 25.7 Å². The molecule has 0 atom stereocenters. The minimum Gasteiger partial charge on any atom is -0.360 e. The van der Waals surface area contributed by atoms with E-state index < -0.39 is 10.0 Å². The second kappa shape index (κ2) is 4.45.